The Balaban J connectivity index is 1.27. The Morgan fingerprint density at radius 3 is 2.62 bits per heavy atom. The second-order valence-electron chi connectivity index (χ2n) is 8.75. The van der Waals surface area contributed by atoms with Crippen LogP contribution in [0.2, 0.25) is 0 Å². The first kappa shape index (κ1) is 20.8. The molecule has 5 rings (SSSR count). The molecule has 166 valence electrons. The molecule has 0 bridgehead atoms. The third-order valence-corrected chi connectivity index (χ3v) is 6.33. The van der Waals surface area contributed by atoms with Gasteiger partial charge in [-0.3, -0.25) is 14.7 Å². The number of hydrogen-bond donors (Lipinski definition) is 1. The third kappa shape index (κ3) is 4.85. The topological polar surface area (TPSA) is 90.9 Å². The van der Waals surface area contributed by atoms with Gasteiger partial charge in [0, 0.05) is 62.3 Å². The molecule has 3 aromatic rings. The van der Waals surface area contributed by atoms with Crippen LogP contribution in [0.1, 0.15) is 49.3 Å². The van der Waals surface area contributed by atoms with Crippen LogP contribution in [0.5, 0.6) is 0 Å². The van der Waals surface area contributed by atoms with E-state index in [2.05, 4.69) is 29.7 Å². The monoisotopic (exact) mass is 431 g/mol. The van der Waals surface area contributed by atoms with Gasteiger partial charge in [-0.1, -0.05) is 6.07 Å². The Bertz CT molecular complexity index is 1080. The van der Waals surface area contributed by atoms with E-state index in [1.807, 2.05) is 30.6 Å². The van der Waals surface area contributed by atoms with Crippen molar-refractivity contribution in [2.24, 2.45) is 0 Å². The first-order chi connectivity index (χ1) is 15.7. The summed E-state index contributed by atoms with van der Waals surface area (Å²) < 4.78 is 0. The number of hydrogen-bond acceptors (Lipinski definition) is 7. The number of likely N-dealkylation sites (tertiary alicyclic amines) is 1. The highest BCUT2D eigenvalue weighted by Gasteiger charge is 2.24. The van der Waals surface area contributed by atoms with E-state index in [1.54, 1.807) is 12.3 Å². The molecule has 8 nitrogen and oxygen atoms in total. The first-order valence-corrected chi connectivity index (χ1v) is 11.6. The number of anilines is 1. The van der Waals surface area contributed by atoms with Gasteiger partial charge in [0.25, 0.3) is 5.56 Å². The van der Waals surface area contributed by atoms with E-state index in [4.69, 9.17) is 4.98 Å². The minimum absolute atomic E-state index is 0.130. The van der Waals surface area contributed by atoms with E-state index >= 15 is 0 Å². The second-order valence-corrected chi connectivity index (χ2v) is 8.75. The molecule has 1 N–H and O–H groups in total. The highest BCUT2D eigenvalue weighted by Crippen LogP contribution is 2.27. The average molecular weight is 432 g/mol. The van der Waals surface area contributed by atoms with Crippen molar-refractivity contribution in [3.63, 3.8) is 0 Å². The lowest BCUT2D eigenvalue weighted by Crippen LogP contribution is -2.35. The fourth-order valence-electron chi connectivity index (χ4n) is 4.70. The van der Waals surface area contributed by atoms with Crippen LogP contribution in [0.3, 0.4) is 0 Å². The molecule has 2 aliphatic heterocycles. The van der Waals surface area contributed by atoms with Crippen molar-refractivity contribution < 1.29 is 0 Å². The largest absolute Gasteiger partial charge is 0.341 e. The van der Waals surface area contributed by atoms with Crippen molar-refractivity contribution in [1.82, 2.24) is 29.8 Å². The van der Waals surface area contributed by atoms with Crippen LogP contribution in [0.15, 0.2) is 47.7 Å². The van der Waals surface area contributed by atoms with Crippen molar-refractivity contribution in [3.05, 3.63) is 64.5 Å². The Labute approximate surface area is 187 Å². The van der Waals surface area contributed by atoms with Gasteiger partial charge in [0.2, 0.25) is 5.95 Å². The van der Waals surface area contributed by atoms with Crippen LogP contribution < -0.4 is 10.5 Å². The molecule has 0 saturated carbocycles. The van der Waals surface area contributed by atoms with Gasteiger partial charge in [0.1, 0.15) is 5.69 Å². The van der Waals surface area contributed by atoms with Crippen LogP contribution >= 0.6 is 0 Å². The standard InChI is InChI=1S/C24H29N7O/c32-22-13-21(28-23(29-22)20-8-2-3-9-25-20)19-7-6-10-30(17-19)16-18-14-26-24(27-15-18)31-11-4-1-5-12-31/h2-3,8-9,13-15,19H,1,4-7,10-12,16-17H2,(H,28,29,32). The highest BCUT2D eigenvalue weighted by molar-refractivity contribution is 5.48. The number of nitrogens with one attached hydrogen (secondary N) is 1. The summed E-state index contributed by atoms with van der Waals surface area (Å²) >= 11 is 0. The molecule has 1 atom stereocenters. The number of nitrogens with zero attached hydrogens (tertiary/aromatic N) is 6. The van der Waals surface area contributed by atoms with Gasteiger partial charge < -0.3 is 9.88 Å². The van der Waals surface area contributed by atoms with Crippen LogP contribution in [0, 0.1) is 0 Å². The third-order valence-electron chi connectivity index (χ3n) is 6.33. The van der Waals surface area contributed by atoms with Gasteiger partial charge in [0.15, 0.2) is 5.82 Å². The Morgan fingerprint density at radius 2 is 1.84 bits per heavy atom. The Morgan fingerprint density at radius 1 is 1.00 bits per heavy atom. The molecule has 1 unspecified atom stereocenters. The molecule has 0 amide bonds. The van der Waals surface area contributed by atoms with Crippen LogP contribution in [-0.2, 0) is 6.54 Å². The van der Waals surface area contributed by atoms with Gasteiger partial charge in [-0.15, -0.1) is 0 Å². The van der Waals surface area contributed by atoms with Crippen LogP contribution in [-0.4, -0.2) is 56.0 Å². The number of aromatic amines is 1. The fraction of sp³-hybridized carbons (Fsp3) is 0.458. The van der Waals surface area contributed by atoms with Gasteiger partial charge in [-0.05, 0) is 50.8 Å². The summed E-state index contributed by atoms with van der Waals surface area (Å²) in [5.74, 6) is 1.61. The maximum atomic E-state index is 12.3. The molecule has 0 aromatic carbocycles. The molecular weight excluding hydrogens is 402 g/mol. The maximum Gasteiger partial charge on any atom is 0.251 e. The molecule has 0 aliphatic carbocycles. The minimum Gasteiger partial charge on any atom is -0.341 e. The first-order valence-electron chi connectivity index (χ1n) is 11.6. The van der Waals surface area contributed by atoms with E-state index in [0.717, 1.165) is 62.8 Å². The molecular formula is C24H29N7O. The lowest BCUT2D eigenvalue weighted by atomic mass is 9.94. The summed E-state index contributed by atoms with van der Waals surface area (Å²) in [6, 6.07) is 7.25. The van der Waals surface area contributed by atoms with Gasteiger partial charge >= 0.3 is 0 Å². The number of pyridine rings is 1. The molecule has 8 heteroatoms. The smallest absolute Gasteiger partial charge is 0.251 e. The molecule has 0 radical (unpaired) electrons. The lowest BCUT2D eigenvalue weighted by Gasteiger charge is -2.32. The number of aromatic nitrogens is 5. The fourth-order valence-corrected chi connectivity index (χ4v) is 4.70. The zero-order valence-electron chi connectivity index (χ0n) is 18.3. The summed E-state index contributed by atoms with van der Waals surface area (Å²) in [6.07, 6.45) is 11.5. The maximum absolute atomic E-state index is 12.3. The highest BCUT2D eigenvalue weighted by atomic mass is 16.1. The van der Waals surface area contributed by atoms with E-state index < -0.39 is 0 Å². The molecule has 5 heterocycles. The van der Waals surface area contributed by atoms with E-state index in [-0.39, 0.29) is 11.5 Å². The summed E-state index contributed by atoms with van der Waals surface area (Å²) in [6.45, 7) is 4.81. The van der Waals surface area contributed by atoms with Crippen molar-refractivity contribution in [2.75, 3.05) is 31.1 Å². The summed E-state index contributed by atoms with van der Waals surface area (Å²) in [5, 5.41) is 0. The SMILES string of the molecule is O=c1cc(C2CCCN(Cc3cnc(N4CCCCC4)nc3)C2)nc(-c2ccccn2)[nH]1. The molecule has 32 heavy (non-hydrogen) atoms. The quantitative estimate of drug-likeness (QED) is 0.664. The predicted molar refractivity (Wildman–Crippen MR) is 123 cm³/mol. The minimum atomic E-state index is -0.130. The number of piperidine rings is 2. The summed E-state index contributed by atoms with van der Waals surface area (Å²) in [7, 11) is 0. The zero-order chi connectivity index (χ0) is 21.8. The van der Waals surface area contributed by atoms with Gasteiger partial charge in [0.05, 0.1) is 5.69 Å². The van der Waals surface area contributed by atoms with Crippen LogP contribution in [0.4, 0.5) is 5.95 Å². The summed E-state index contributed by atoms with van der Waals surface area (Å²) in [5.41, 5.74) is 2.52. The number of rotatable bonds is 5. The van der Waals surface area contributed by atoms with Crippen molar-refractivity contribution >= 4 is 5.95 Å². The molecule has 2 fully saturated rings. The number of H-pyrrole nitrogens is 1. The Hall–Kier alpha value is -3.13. The zero-order valence-corrected chi connectivity index (χ0v) is 18.3. The lowest BCUT2D eigenvalue weighted by molar-refractivity contribution is 0.198. The molecule has 0 spiro atoms. The van der Waals surface area contributed by atoms with E-state index in [0.29, 0.717) is 11.5 Å². The van der Waals surface area contributed by atoms with E-state index in [1.165, 1.54) is 19.3 Å². The summed E-state index contributed by atoms with van der Waals surface area (Å²) in [4.78, 5) is 38.2. The second kappa shape index (κ2) is 9.56. The van der Waals surface area contributed by atoms with Gasteiger partial charge in [-0.2, -0.15) is 0 Å². The van der Waals surface area contributed by atoms with Crippen molar-refractivity contribution in [2.45, 2.75) is 44.6 Å². The van der Waals surface area contributed by atoms with Crippen LogP contribution in [0.25, 0.3) is 11.5 Å². The molecule has 3 aromatic heterocycles. The molecule has 2 aliphatic rings. The van der Waals surface area contributed by atoms with Crippen molar-refractivity contribution in [1.29, 1.82) is 0 Å². The average Bonchev–Trinajstić information content (AvgIpc) is 2.85. The van der Waals surface area contributed by atoms with Crippen molar-refractivity contribution in [3.8, 4) is 11.5 Å². The van der Waals surface area contributed by atoms with E-state index in [9.17, 15) is 4.79 Å². The Kier molecular flexibility index (Phi) is 6.20. The predicted octanol–water partition coefficient (Wildman–Crippen LogP) is 2.99. The normalized spacial score (nSPS) is 19.8. The van der Waals surface area contributed by atoms with Gasteiger partial charge in [-0.25, -0.2) is 15.0 Å². The molecule has 2 saturated heterocycles.